The molecular weight excluding hydrogens is 365 g/mol. The third-order valence-corrected chi connectivity index (χ3v) is 5.76. The summed E-state index contributed by atoms with van der Waals surface area (Å²) in [7, 11) is 3.66. The van der Waals surface area contributed by atoms with E-state index < -0.39 is 0 Å². The van der Waals surface area contributed by atoms with Crippen LogP contribution in [-0.2, 0) is 9.53 Å². The first-order chi connectivity index (χ1) is 9.61. The van der Waals surface area contributed by atoms with Crippen molar-refractivity contribution < 1.29 is 9.53 Å². The van der Waals surface area contributed by atoms with Crippen molar-refractivity contribution in [3.63, 3.8) is 0 Å². The number of hydrogen-bond donors (Lipinski definition) is 0. The second-order valence-corrected chi connectivity index (χ2v) is 7.15. The van der Waals surface area contributed by atoms with Crippen LogP contribution in [0.15, 0.2) is 24.3 Å². The van der Waals surface area contributed by atoms with Crippen molar-refractivity contribution >= 4 is 28.6 Å². The minimum absolute atomic E-state index is 0.0242. The molecule has 2 bridgehead atoms. The van der Waals surface area contributed by atoms with Gasteiger partial charge in [-0.05, 0) is 66.6 Å². The van der Waals surface area contributed by atoms with E-state index >= 15 is 0 Å². The van der Waals surface area contributed by atoms with Crippen molar-refractivity contribution in [2.24, 2.45) is 5.92 Å². The largest absolute Gasteiger partial charge is 0.469 e. The van der Waals surface area contributed by atoms with Gasteiger partial charge in [0.05, 0.1) is 13.0 Å². The van der Waals surface area contributed by atoms with Crippen molar-refractivity contribution in [3.05, 3.63) is 33.4 Å². The summed E-state index contributed by atoms with van der Waals surface area (Å²) in [4.78, 5) is 14.7. The van der Waals surface area contributed by atoms with Crippen molar-refractivity contribution in [1.29, 1.82) is 0 Å². The molecular formula is C16H20INO2. The lowest BCUT2D eigenvalue weighted by Gasteiger charge is -2.41. The average Bonchev–Trinajstić information content (AvgIpc) is 2.70. The van der Waals surface area contributed by atoms with E-state index in [9.17, 15) is 4.79 Å². The van der Waals surface area contributed by atoms with E-state index in [4.69, 9.17) is 4.74 Å². The van der Waals surface area contributed by atoms with Crippen LogP contribution in [0.2, 0.25) is 0 Å². The van der Waals surface area contributed by atoms with Crippen LogP contribution < -0.4 is 0 Å². The smallest absolute Gasteiger partial charge is 0.310 e. The number of halogens is 1. The molecule has 4 atom stereocenters. The fourth-order valence-corrected chi connectivity index (χ4v) is 4.34. The van der Waals surface area contributed by atoms with Gasteiger partial charge in [-0.15, -0.1) is 0 Å². The van der Waals surface area contributed by atoms with Gasteiger partial charge < -0.3 is 4.74 Å². The number of benzene rings is 1. The lowest BCUT2D eigenvalue weighted by molar-refractivity contribution is -0.150. The molecule has 108 valence electrons. The van der Waals surface area contributed by atoms with Gasteiger partial charge in [0.1, 0.15) is 0 Å². The minimum Gasteiger partial charge on any atom is -0.469 e. The van der Waals surface area contributed by atoms with Crippen molar-refractivity contribution in [2.45, 2.75) is 37.3 Å². The number of esters is 1. The first-order valence-electron chi connectivity index (χ1n) is 7.17. The zero-order chi connectivity index (χ0) is 14.3. The standard InChI is InChI=1S/C16H20INO2/c1-18-12-7-8-14(18)15(16(19)20-2)13(9-12)10-3-5-11(17)6-4-10/h3-6,12-15H,7-9H2,1-2H3/t12-,13+,14+,15?/m0/s1. The molecule has 0 aliphatic carbocycles. The highest BCUT2D eigenvalue weighted by atomic mass is 127. The molecule has 0 amide bonds. The van der Waals surface area contributed by atoms with E-state index in [0.29, 0.717) is 18.0 Å². The SMILES string of the molecule is COC(=O)C1[C@@H](c2ccc(I)cc2)C[C@@H]2CC[C@H]1N2C. The van der Waals surface area contributed by atoms with E-state index in [-0.39, 0.29) is 11.9 Å². The summed E-state index contributed by atoms with van der Waals surface area (Å²) in [5, 5.41) is 0. The lowest BCUT2D eigenvalue weighted by atomic mass is 9.76. The Hall–Kier alpha value is -0.620. The van der Waals surface area contributed by atoms with E-state index in [1.54, 1.807) is 0 Å². The normalized spacial score (nSPS) is 33.1. The predicted molar refractivity (Wildman–Crippen MR) is 86.6 cm³/mol. The Morgan fingerprint density at radius 1 is 1.30 bits per heavy atom. The highest BCUT2D eigenvalue weighted by Crippen LogP contribution is 2.46. The molecule has 0 radical (unpaired) electrons. The third-order valence-electron chi connectivity index (χ3n) is 5.04. The van der Waals surface area contributed by atoms with Crippen LogP contribution in [0.5, 0.6) is 0 Å². The maximum Gasteiger partial charge on any atom is 0.310 e. The molecule has 1 aromatic carbocycles. The molecule has 1 aromatic rings. The monoisotopic (exact) mass is 385 g/mol. The summed E-state index contributed by atoms with van der Waals surface area (Å²) in [6.45, 7) is 0. The van der Waals surface area contributed by atoms with E-state index in [1.807, 2.05) is 0 Å². The van der Waals surface area contributed by atoms with Gasteiger partial charge in [-0.3, -0.25) is 9.69 Å². The number of rotatable bonds is 2. The van der Waals surface area contributed by atoms with Crippen molar-refractivity contribution in [3.8, 4) is 0 Å². The summed E-state index contributed by atoms with van der Waals surface area (Å²) in [5.74, 6) is 0.225. The van der Waals surface area contributed by atoms with Crippen LogP contribution in [0.25, 0.3) is 0 Å². The highest BCUT2D eigenvalue weighted by Gasteiger charge is 2.49. The summed E-state index contributed by atoms with van der Waals surface area (Å²) in [6.07, 6.45) is 3.38. The quantitative estimate of drug-likeness (QED) is 0.579. The number of ether oxygens (including phenoxy) is 1. The molecule has 0 saturated carbocycles. The molecule has 0 aromatic heterocycles. The third kappa shape index (κ3) is 2.37. The Kier molecular flexibility index (Phi) is 4.04. The van der Waals surface area contributed by atoms with Crippen LogP contribution >= 0.6 is 22.6 Å². The molecule has 2 fully saturated rings. The van der Waals surface area contributed by atoms with Crippen LogP contribution in [0.3, 0.4) is 0 Å². The van der Waals surface area contributed by atoms with Gasteiger partial charge in [0, 0.05) is 21.6 Å². The fourth-order valence-electron chi connectivity index (χ4n) is 3.98. The Labute approximate surface area is 133 Å². The molecule has 4 heteroatoms. The molecule has 0 N–H and O–H groups in total. The number of fused-ring (bicyclic) bond motifs is 2. The maximum atomic E-state index is 12.3. The van der Waals surface area contributed by atoms with Crippen LogP contribution in [0.1, 0.15) is 30.7 Å². The zero-order valence-corrected chi connectivity index (χ0v) is 14.0. The van der Waals surface area contributed by atoms with Crippen LogP contribution in [0, 0.1) is 9.49 Å². The lowest BCUT2D eigenvalue weighted by Crippen LogP contribution is -2.49. The van der Waals surface area contributed by atoms with Crippen LogP contribution in [-0.4, -0.2) is 37.1 Å². The van der Waals surface area contributed by atoms with Gasteiger partial charge >= 0.3 is 5.97 Å². The fraction of sp³-hybridized carbons (Fsp3) is 0.562. The summed E-state index contributed by atoms with van der Waals surface area (Å²) < 4.78 is 6.33. The van der Waals surface area contributed by atoms with Crippen LogP contribution in [0.4, 0.5) is 0 Å². The van der Waals surface area contributed by atoms with E-state index in [1.165, 1.54) is 22.7 Å². The minimum atomic E-state index is -0.0502. The first-order valence-corrected chi connectivity index (χ1v) is 8.25. The predicted octanol–water partition coefficient (Wildman–Crippen LogP) is 3.03. The molecule has 3 nitrogen and oxygen atoms in total. The summed E-state index contributed by atoms with van der Waals surface area (Å²) >= 11 is 2.32. The number of carbonyl (C=O) groups is 1. The number of methoxy groups -OCH3 is 1. The Morgan fingerprint density at radius 3 is 2.65 bits per heavy atom. The first kappa shape index (κ1) is 14.3. The molecule has 2 aliphatic heterocycles. The van der Waals surface area contributed by atoms with E-state index in [2.05, 4.69) is 58.8 Å². The Bertz CT molecular complexity index is 502. The maximum absolute atomic E-state index is 12.3. The Balaban J connectivity index is 1.95. The molecule has 2 saturated heterocycles. The average molecular weight is 385 g/mol. The number of piperidine rings is 1. The molecule has 2 aliphatic rings. The van der Waals surface area contributed by atoms with Gasteiger partial charge in [-0.25, -0.2) is 0 Å². The topological polar surface area (TPSA) is 29.5 Å². The molecule has 20 heavy (non-hydrogen) atoms. The van der Waals surface area contributed by atoms with Crippen molar-refractivity contribution in [1.82, 2.24) is 4.90 Å². The second-order valence-electron chi connectivity index (χ2n) is 5.91. The number of hydrogen-bond acceptors (Lipinski definition) is 3. The molecule has 1 unspecified atom stereocenters. The molecule has 2 heterocycles. The van der Waals surface area contributed by atoms with Gasteiger partial charge in [-0.2, -0.15) is 0 Å². The summed E-state index contributed by atoms with van der Waals surface area (Å²) in [5.41, 5.74) is 1.28. The van der Waals surface area contributed by atoms with Crippen molar-refractivity contribution in [2.75, 3.05) is 14.2 Å². The second kappa shape index (κ2) is 5.64. The molecule has 0 spiro atoms. The van der Waals surface area contributed by atoms with Gasteiger partial charge in [0.2, 0.25) is 0 Å². The zero-order valence-electron chi connectivity index (χ0n) is 11.9. The van der Waals surface area contributed by atoms with E-state index in [0.717, 1.165) is 12.8 Å². The Morgan fingerprint density at radius 2 is 2.00 bits per heavy atom. The molecule has 3 rings (SSSR count). The van der Waals surface area contributed by atoms with Gasteiger partial charge in [0.25, 0.3) is 0 Å². The van der Waals surface area contributed by atoms with Gasteiger partial charge in [0.15, 0.2) is 0 Å². The number of nitrogens with zero attached hydrogens (tertiary/aromatic N) is 1. The highest BCUT2D eigenvalue weighted by molar-refractivity contribution is 14.1. The van der Waals surface area contributed by atoms with Gasteiger partial charge in [-0.1, -0.05) is 12.1 Å². The number of carbonyl (C=O) groups excluding carboxylic acids is 1. The summed E-state index contributed by atoms with van der Waals surface area (Å²) in [6, 6.07) is 9.56.